The summed E-state index contributed by atoms with van der Waals surface area (Å²) in [7, 11) is 4.86. The minimum Gasteiger partial charge on any atom is -0.493 e. The van der Waals surface area contributed by atoms with E-state index in [0.717, 1.165) is 24.5 Å². The molecule has 0 radical (unpaired) electrons. The summed E-state index contributed by atoms with van der Waals surface area (Å²) in [5.74, 6) is 2.79. The van der Waals surface area contributed by atoms with Gasteiger partial charge in [0.25, 0.3) is 0 Å². The molecule has 0 unspecified atom stereocenters. The summed E-state index contributed by atoms with van der Waals surface area (Å²) in [5.41, 5.74) is 1.04. The third-order valence-corrected chi connectivity index (χ3v) is 3.21. The molecule has 0 aliphatic carbocycles. The minimum atomic E-state index is 0. The number of hydrogen-bond acceptors (Lipinski definition) is 4. The summed E-state index contributed by atoms with van der Waals surface area (Å²) in [4.78, 5) is 4.59. The van der Waals surface area contributed by atoms with Gasteiger partial charge in [0, 0.05) is 24.7 Å². The second kappa shape index (κ2) is 12.0. The van der Waals surface area contributed by atoms with E-state index in [2.05, 4.69) is 36.4 Å². The SMILES string of the molecule is CCNC(=NCCc1ccc(OC)c(OC)c1OC)NC(C)C.I. The van der Waals surface area contributed by atoms with Gasteiger partial charge in [0.2, 0.25) is 5.75 Å². The quantitative estimate of drug-likeness (QED) is 0.362. The highest BCUT2D eigenvalue weighted by molar-refractivity contribution is 14.0. The van der Waals surface area contributed by atoms with Crippen molar-refractivity contribution >= 4 is 29.9 Å². The van der Waals surface area contributed by atoms with Crippen molar-refractivity contribution in [3.8, 4) is 17.2 Å². The van der Waals surface area contributed by atoms with Crippen molar-refractivity contribution in [3.05, 3.63) is 17.7 Å². The van der Waals surface area contributed by atoms with Crippen molar-refractivity contribution < 1.29 is 14.2 Å². The monoisotopic (exact) mass is 451 g/mol. The molecule has 0 saturated heterocycles. The summed E-state index contributed by atoms with van der Waals surface area (Å²) < 4.78 is 16.2. The molecule has 0 amide bonds. The van der Waals surface area contributed by atoms with Gasteiger partial charge in [-0.1, -0.05) is 6.07 Å². The van der Waals surface area contributed by atoms with Crippen LogP contribution in [-0.2, 0) is 6.42 Å². The average molecular weight is 451 g/mol. The lowest BCUT2D eigenvalue weighted by Crippen LogP contribution is -2.41. The van der Waals surface area contributed by atoms with Crippen LogP contribution in [0, 0.1) is 0 Å². The first-order valence-corrected chi connectivity index (χ1v) is 7.90. The summed E-state index contributed by atoms with van der Waals surface area (Å²) in [5, 5.41) is 6.53. The Morgan fingerprint density at radius 2 is 1.75 bits per heavy atom. The number of aliphatic imine (C=N–C) groups is 1. The van der Waals surface area contributed by atoms with E-state index in [-0.39, 0.29) is 24.0 Å². The molecule has 0 atom stereocenters. The largest absolute Gasteiger partial charge is 0.493 e. The van der Waals surface area contributed by atoms with E-state index < -0.39 is 0 Å². The second-order valence-corrected chi connectivity index (χ2v) is 5.30. The number of methoxy groups -OCH3 is 3. The van der Waals surface area contributed by atoms with E-state index in [9.17, 15) is 0 Å². The average Bonchev–Trinajstić information content (AvgIpc) is 2.53. The number of nitrogens with zero attached hydrogens (tertiary/aromatic N) is 1. The Hall–Kier alpha value is -1.38. The Kier molecular flexibility index (Phi) is 11.4. The Balaban J connectivity index is 0.00000529. The lowest BCUT2D eigenvalue weighted by molar-refractivity contribution is 0.322. The van der Waals surface area contributed by atoms with E-state index in [1.165, 1.54) is 0 Å². The van der Waals surface area contributed by atoms with Crippen LogP contribution in [0.3, 0.4) is 0 Å². The van der Waals surface area contributed by atoms with Crippen LogP contribution in [0.1, 0.15) is 26.3 Å². The van der Waals surface area contributed by atoms with Gasteiger partial charge >= 0.3 is 0 Å². The molecule has 0 spiro atoms. The zero-order valence-corrected chi connectivity index (χ0v) is 17.8. The number of nitrogens with one attached hydrogen (secondary N) is 2. The first-order chi connectivity index (χ1) is 11.1. The Labute approximate surface area is 162 Å². The van der Waals surface area contributed by atoms with Gasteiger partial charge in [-0.15, -0.1) is 24.0 Å². The number of benzene rings is 1. The molecule has 24 heavy (non-hydrogen) atoms. The molecule has 0 fully saturated rings. The van der Waals surface area contributed by atoms with Crippen LogP contribution in [0.15, 0.2) is 17.1 Å². The van der Waals surface area contributed by atoms with Crippen molar-refractivity contribution in [1.29, 1.82) is 0 Å². The highest BCUT2D eigenvalue weighted by atomic mass is 127. The number of hydrogen-bond donors (Lipinski definition) is 2. The summed E-state index contributed by atoms with van der Waals surface area (Å²) in [6, 6.07) is 4.21. The maximum absolute atomic E-state index is 5.49. The minimum absolute atomic E-state index is 0. The van der Waals surface area contributed by atoms with E-state index in [4.69, 9.17) is 14.2 Å². The Morgan fingerprint density at radius 3 is 2.25 bits per heavy atom. The van der Waals surface area contributed by atoms with Gasteiger partial charge in [-0.25, -0.2) is 0 Å². The fourth-order valence-electron chi connectivity index (χ4n) is 2.24. The standard InChI is InChI=1S/C17H29N3O3.HI/c1-7-18-17(20-12(2)3)19-11-10-13-8-9-14(21-4)16(23-6)15(13)22-5;/h8-9,12H,7,10-11H2,1-6H3,(H2,18,19,20);1H. The van der Waals surface area contributed by atoms with Gasteiger partial charge in [0.05, 0.1) is 21.3 Å². The lowest BCUT2D eigenvalue weighted by atomic mass is 10.1. The molecule has 0 aliphatic rings. The number of halogens is 1. The Morgan fingerprint density at radius 1 is 1.08 bits per heavy atom. The van der Waals surface area contributed by atoms with Crippen LogP contribution in [-0.4, -0.2) is 46.4 Å². The molecule has 0 aromatic heterocycles. The fraction of sp³-hybridized carbons (Fsp3) is 0.588. The molecule has 0 heterocycles. The maximum Gasteiger partial charge on any atom is 0.203 e. The molecule has 1 aromatic carbocycles. The van der Waals surface area contributed by atoms with Crippen LogP contribution in [0.5, 0.6) is 17.2 Å². The third kappa shape index (κ3) is 6.62. The fourth-order valence-corrected chi connectivity index (χ4v) is 2.24. The maximum atomic E-state index is 5.49. The van der Waals surface area contributed by atoms with Crippen LogP contribution in [0.4, 0.5) is 0 Å². The second-order valence-electron chi connectivity index (χ2n) is 5.30. The molecule has 0 saturated carbocycles. The summed E-state index contributed by atoms with van der Waals surface area (Å²) in [6.45, 7) is 7.70. The predicted octanol–water partition coefficient (Wildman–Crippen LogP) is 2.84. The smallest absolute Gasteiger partial charge is 0.203 e. The first-order valence-electron chi connectivity index (χ1n) is 7.90. The molecule has 7 heteroatoms. The van der Waals surface area contributed by atoms with Crippen molar-refractivity contribution in [1.82, 2.24) is 10.6 Å². The van der Waals surface area contributed by atoms with Crippen molar-refractivity contribution in [3.63, 3.8) is 0 Å². The molecular weight excluding hydrogens is 421 g/mol. The zero-order valence-electron chi connectivity index (χ0n) is 15.4. The molecule has 0 bridgehead atoms. The molecule has 1 rings (SSSR count). The zero-order chi connectivity index (χ0) is 17.2. The highest BCUT2D eigenvalue weighted by Gasteiger charge is 2.15. The van der Waals surface area contributed by atoms with Gasteiger partial charge in [-0.2, -0.15) is 0 Å². The highest BCUT2D eigenvalue weighted by Crippen LogP contribution is 2.39. The number of guanidine groups is 1. The van der Waals surface area contributed by atoms with Gasteiger partial charge in [-0.3, -0.25) is 4.99 Å². The molecule has 1 aromatic rings. The molecular formula is C17H30IN3O3. The van der Waals surface area contributed by atoms with Crippen LogP contribution in [0.25, 0.3) is 0 Å². The summed E-state index contributed by atoms with van der Waals surface area (Å²) in [6.07, 6.45) is 0.748. The third-order valence-electron chi connectivity index (χ3n) is 3.21. The predicted molar refractivity (Wildman–Crippen MR) is 109 cm³/mol. The van der Waals surface area contributed by atoms with E-state index in [1.54, 1.807) is 21.3 Å². The number of rotatable bonds is 8. The normalized spacial score (nSPS) is 10.9. The van der Waals surface area contributed by atoms with Crippen LogP contribution in [0.2, 0.25) is 0 Å². The summed E-state index contributed by atoms with van der Waals surface area (Å²) >= 11 is 0. The van der Waals surface area contributed by atoms with Crippen molar-refractivity contribution in [2.75, 3.05) is 34.4 Å². The first kappa shape index (κ1) is 22.6. The van der Waals surface area contributed by atoms with Crippen molar-refractivity contribution in [2.24, 2.45) is 4.99 Å². The van der Waals surface area contributed by atoms with E-state index in [0.29, 0.717) is 29.8 Å². The van der Waals surface area contributed by atoms with E-state index >= 15 is 0 Å². The number of ether oxygens (including phenoxy) is 3. The molecule has 0 aliphatic heterocycles. The molecule has 2 N–H and O–H groups in total. The van der Waals surface area contributed by atoms with Gasteiger partial charge in [0.15, 0.2) is 17.5 Å². The molecule has 138 valence electrons. The van der Waals surface area contributed by atoms with Gasteiger partial charge < -0.3 is 24.8 Å². The van der Waals surface area contributed by atoms with Crippen LogP contribution >= 0.6 is 24.0 Å². The topological polar surface area (TPSA) is 64.1 Å². The van der Waals surface area contributed by atoms with E-state index in [1.807, 2.05) is 12.1 Å². The van der Waals surface area contributed by atoms with Gasteiger partial charge in [0.1, 0.15) is 0 Å². The van der Waals surface area contributed by atoms with Gasteiger partial charge in [-0.05, 0) is 33.3 Å². The lowest BCUT2D eigenvalue weighted by Gasteiger charge is -2.16. The van der Waals surface area contributed by atoms with Crippen LogP contribution < -0.4 is 24.8 Å². The Bertz CT molecular complexity index is 522. The van der Waals surface area contributed by atoms with Crippen molar-refractivity contribution in [2.45, 2.75) is 33.2 Å². The molecule has 6 nitrogen and oxygen atoms in total.